The molecule has 0 radical (unpaired) electrons. The molecule has 3 atom stereocenters. The summed E-state index contributed by atoms with van der Waals surface area (Å²) in [6.45, 7) is 5.61. The van der Waals surface area contributed by atoms with Crippen molar-refractivity contribution in [3.63, 3.8) is 0 Å². The van der Waals surface area contributed by atoms with Crippen molar-refractivity contribution in [1.29, 1.82) is 0 Å². The van der Waals surface area contributed by atoms with Gasteiger partial charge < -0.3 is 34.9 Å². The minimum Gasteiger partial charge on any atom is -0.495 e. The Labute approximate surface area is 305 Å². The summed E-state index contributed by atoms with van der Waals surface area (Å²) in [5.74, 6) is 0.874. The molecule has 1 saturated heterocycles. The van der Waals surface area contributed by atoms with Crippen LogP contribution in [0.25, 0.3) is 11.1 Å². The van der Waals surface area contributed by atoms with Crippen molar-refractivity contribution in [3.05, 3.63) is 63.8 Å². The van der Waals surface area contributed by atoms with Gasteiger partial charge in [-0.2, -0.15) is 0 Å². The highest BCUT2D eigenvalue weighted by molar-refractivity contribution is 7.92. The molecule has 2 amide bonds. The van der Waals surface area contributed by atoms with E-state index < -0.39 is 28.0 Å². The van der Waals surface area contributed by atoms with Crippen molar-refractivity contribution in [1.82, 2.24) is 5.32 Å². The van der Waals surface area contributed by atoms with Crippen LogP contribution >= 0.6 is 0 Å². The van der Waals surface area contributed by atoms with Crippen LogP contribution in [-0.2, 0) is 26.0 Å². The number of hydrogen-bond donors (Lipinski definition) is 3. The summed E-state index contributed by atoms with van der Waals surface area (Å²) in [7, 11) is 2.54. The predicted octanol–water partition coefficient (Wildman–Crippen LogP) is 5.27. The molecular weight excluding hydrogens is 689 g/mol. The molecular formula is C38H48N4O9S. The average molecular weight is 737 g/mol. The summed E-state index contributed by atoms with van der Waals surface area (Å²) in [5, 5.41) is 9.16. The second-order valence-corrected chi connectivity index (χ2v) is 15.1. The molecule has 0 saturated carbocycles. The smallest absolute Gasteiger partial charge is 0.247 e. The van der Waals surface area contributed by atoms with Crippen molar-refractivity contribution in [3.8, 4) is 34.1 Å². The molecule has 3 aromatic rings. The van der Waals surface area contributed by atoms with Crippen LogP contribution < -0.4 is 44.6 Å². The van der Waals surface area contributed by atoms with Crippen LogP contribution in [0, 0.1) is 5.92 Å². The van der Waals surface area contributed by atoms with Crippen LogP contribution in [0.5, 0.6) is 23.0 Å². The van der Waals surface area contributed by atoms with Crippen molar-refractivity contribution in [2.24, 2.45) is 5.92 Å². The molecule has 0 spiro atoms. The molecule has 3 N–H and O–H groups in total. The number of carbonyl (C=O) groups is 2. The van der Waals surface area contributed by atoms with Gasteiger partial charge in [-0.15, -0.1) is 0 Å². The standard InChI is InChI=1S/C38H48N4O9S/c1-8-22(2)35(38(45)40-25-12-16-32(48-4)30(20-25)42-17-9-10-18-52(42,46)47)41-29-15-13-26-27(21-31(29)44)28(39-23(3)43)14-11-24-19-33(49-5)36(50-6)37(51-7)34(24)26/h12-13,15-16,19-22,28,35H,8-11,14,17-18H2,1-7H3,(H,39,43)(H,40,45)(H,41,44)/t22-,28+,35+/m1/s1. The normalized spacial score (nSPS) is 17.3. The number of nitrogens with zero attached hydrogens (tertiary/aromatic N) is 1. The Morgan fingerprint density at radius 1 is 0.942 bits per heavy atom. The van der Waals surface area contributed by atoms with E-state index in [4.69, 9.17) is 18.9 Å². The van der Waals surface area contributed by atoms with E-state index in [0.29, 0.717) is 89.7 Å². The van der Waals surface area contributed by atoms with Crippen LogP contribution in [0.4, 0.5) is 17.1 Å². The molecule has 13 nitrogen and oxygen atoms in total. The molecule has 52 heavy (non-hydrogen) atoms. The van der Waals surface area contributed by atoms with Gasteiger partial charge in [-0.25, -0.2) is 8.42 Å². The first-order chi connectivity index (χ1) is 24.9. The van der Waals surface area contributed by atoms with Gasteiger partial charge in [-0.05, 0) is 84.7 Å². The number of methoxy groups -OCH3 is 4. The highest BCUT2D eigenvalue weighted by atomic mass is 32.2. The monoisotopic (exact) mass is 736 g/mol. The van der Waals surface area contributed by atoms with Crippen LogP contribution in [0.2, 0.25) is 0 Å². The van der Waals surface area contributed by atoms with E-state index >= 15 is 0 Å². The lowest BCUT2D eigenvalue weighted by Gasteiger charge is -2.30. The number of amides is 2. The van der Waals surface area contributed by atoms with E-state index in [1.54, 1.807) is 37.4 Å². The molecule has 2 aliphatic rings. The van der Waals surface area contributed by atoms with Crippen LogP contribution in [-0.4, -0.2) is 67.0 Å². The quantitative estimate of drug-likeness (QED) is 0.224. The lowest BCUT2D eigenvalue weighted by Crippen LogP contribution is -2.41. The van der Waals surface area contributed by atoms with Gasteiger partial charge in [-0.1, -0.05) is 26.3 Å². The number of ether oxygens (including phenoxy) is 4. The number of anilines is 3. The van der Waals surface area contributed by atoms with E-state index in [2.05, 4.69) is 16.0 Å². The number of fused-ring (bicyclic) bond motifs is 3. The van der Waals surface area contributed by atoms with Gasteiger partial charge in [0, 0.05) is 24.7 Å². The molecule has 1 aliphatic heterocycles. The van der Waals surface area contributed by atoms with E-state index in [0.717, 1.165) is 5.56 Å². The highest BCUT2D eigenvalue weighted by Gasteiger charge is 2.32. The maximum absolute atomic E-state index is 14.0. The second kappa shape index (κ2) is 16.1. The molecule has 5 rings (SSSR count). The van der Waals surface area contributed by atoms with Crippen molar-refractivity contribution in [2.75, 3.05) is 55.7 Å². The average Bonchev–Trinajstić information content (AvgIpc) is 3.36. The first kappa shape index (κ1) is 38.3. The number of sulfonamides is 1. The number of benzene rings is 2. The number of carbonyl (C=O) groups excluding carboxylic acids is 2. The van der Waals surface area contributed by atoms with Gasteiger partial charge in [0.1, 0.15) is 11.8 Å². The first-order valence-electron chi connectivity index (χ1n) is 17.4. The fourth-order valence-electron chi connectivity index (χ4n) is 6.94. The molecule has 3 aromatic carbocycles. The van der Waals surface area contributed by atoms with Gasteiger partial charge in [-0.3, -0.25) is 18.7 Å². The molecule has 1 heterocycles. The largest absolute Gasteiger partial charge is 0.495 e. The lowest BCUT2D eigenvalue weighted by atomic mass is 9.95. The Balaban J connectivity index is 1.56. The summed E-state index contributed by atoms with van der Waals surface area (Å²) >= 11 is 0. The fourth-order valence-corrected chi connectivity index (χ4v) is 8.58. The summed E-state index contributed by atoms with van der Waals surface area (Å²) in [6, 6.07) is 10.4. The zero-order valence-electron chi connectivity index (χ0n) is 30.8. The molecule has 1 aliphatic carbocycles. The molecule has 1 fully saturated rings. The molecule has 280 valence electrons. The Bertz CT molecular complexity index is 2000. The zero-order chi connectivity index (χ0) is 37.7. The number of nitrogens with one attached hydrogen (secondary N) is 3. The SMILES string of the molecule is CC[C@@H](C)[C@H](Nc1ccc2c(cc1=O)[C@@H](NC(C)=O)CCc1cc(OC)c(OC)c(OC)c1-2)C(=O)Nc1ccc(OC)c(N2CCCCS2(=O)=O)c1. The van der Waals surface area contributed by atoms with Crippen molar-refractivity contribution >= 4 is 38.9 Å². The van der Waals surface area contributed by atoms with Crippen LogP contribution in [0.3, 0.4) is 0 Å². The molecule has 0 aromatic heterocycles. The maximum atomic E-state index is 14.0. The molecule has 0 bridgehead atoms. The van der Waals surface area contributed by atoms with E-state index in [1.807, 2.05) is 19.9 Å². The van der Waals surface area contributed by atoms with E-state index in [9.17, 15) is 22.8 Å². The lowest BCUT2D eigenvalue weighted by molar-refractivity contribution is -0.120. The molecule has 14 heteroatoms. The van der Waals surface area contributed by atoms with Crippen LogP contribution in [0.1, 0.15) is 63.6 Å². The van der Waals surface area contributed by atoms with E-state index in [-0.39, 0.29) is 28.7 Å². The topological polar surface area (TPSA) is 162 Å². The number of rotatable bonds is 12. The summed E-state index contributed by atoms with van der Waals surface area (Å²) < 4.78 is 49.9. The summed E-state index contributed by atoms with van der Waals surface area (Å²) in [5.41, 5.74) is 3.42. The van der Waals surface area contributed by atoms with Gasteiger partial charge in [0.05, 0.1) is 51.6 Å². The highest BCUT2D eigenvalue weighted by Crippen LogP contribution is 2.50. The third kappa shape index (κ3) is 7.76. The Hall–Kier alpha value is -4.98. The first-order valence-corrected chi connectivity index (χ1v) is 19.0. The Morgan fingerprint density at radius 3 is 2.31 bits per heavy atom. The van der Waals surface area contributed by atoms with Gasteiger partial charge in [0.2, 0.25) is 33.0 Å². The van der Waals surface area contributed by atoms with Gasteiger partial charge in [0.15, 0.2) is 11.5 Å². The maximum Gasteiger partial charge on any atom is 0.247 e. The zero-order valence-corrected chi connectivity index (χ0v) is 31.6. The van der Waals surface area contributed by atoms with Crippen molar-refractivity contribution in [2.45, 2.75) is 65.0 Å². The number of aryl methyl sites for hydroxylation is 1. The van der Waals surface area contributed by atoms with Gasteiger partial charge >= 0.3 is 0 Å². The fraction of sp³-hybridized carbons (Fsp3) is 0.447. The van der Waals surface area contributed by atoms with Crippen LogP contribution in [0.15, 0.2) is 47.3 Å². The Morgan fingerprint density at radius 2 is 1.67 bits per heavy atom. The predicted molar refractivity (Wildman–Crippen MR) is 202 cm³/mol. The molecule has 0 unspecified atom stereocenters. The second-order valence-electron chi connectivity index (χ2n) is 13.1. The summed E-state index contributed by atoms with van der Waals surface area (Å²) in [6.07, 6.45) is 2.97. The summed E-state index contributed by atoms with van der Waals surface area (Å²) in [4.78, 5) is 40.4. The number of hydrogen-bond acceptors (Lipinski definition) is 10. The van der Waals surface area contributed by atoms with Crippen molar-refractivity contribution < 1.29 is 37.0 Å². The third-order valence-electron chi connectivity index (χ3n) is 9.79. The third-order valence-corrected chi connectivity index (χ3v) is 11.6. The van der Waals surface area contributed by atoms with E-state index in [1.165, 1.54) is 38.6 Å². The Kier molecular flexibility index (Phi) is 11.9. The minimum atomic E-state index is -3.54. The minimum absolute atomic E-state index is 0.0356. The van der Waals surface area contributed by atoms with Gasteiger partial charge in [0.25, 0.3) is 0 Å².